The number of carboxylic acid groups (broad SMARTS) is 2. The van der Waals surface area contributed by atoms with E-state index in [1.807, 2.05) is 0 Å². The van der Waals surface area contributed by atoms with Crippen LogP contribution in [0.4, 0.5) is 28.4 Å². The molecule has 0 aromatic heterocycles. The van der Waals surface area contributed by atoms with E-state index in [-0.39, 0.29) is 148 Å². The molecular weight excluding hydrogens is 1800 g/mol. The molecule has 0 radical (unpaired) electrons. The molecule has 1 heterocycles. The van der Waals surface area contributed by atoms with Crippen molar-refractivity contribution < 1.29 is 102 Å². The van der Waals surface area contributed by atoms with Crippen molar-refractivity contribution in [2.75, 3.05) is 69.8 Å². The minimum absolute atomic E-state index is 0.00426. The van der Waals surface area contributed by atoms with Gasteiger partial charge in [-0.2, -0.15) is 10.2 Å². The number of fused-ring (bicyclic) bond motifs is 2. The number of carbonyl (C=O) groups is 13. The zero-order valence-corrected chi connectivity index (χ0v) is 76.1. The Bertz CT molecular complexity index is 5440. The van der Waals surface area contributed by atoms with Crippen molar-refractivity contribution in [3.05, 3.63) is 165 Å². The number of benzene rings is 6. The lowest BCUT2D eigenvalue weighted by Gasteiger charge is -2.31. The number of amides is 11. The molecule has 9 atom stereocenters. The third kappa shape index (κ3) is 34.3. The van der Waals surface area contributed by atoms with Gasteiger partial charge in [0, 0.05) is 110 Å². The lowest BCUT2D eigenvalue weighted by Crippen LogP contribution is -2.61. The van der Waals surface area contributed by atoms with Crippen LogP contribution in [0.15, 0.2) is 153 Å². The van der Waals surface area contributed by atoms with E-state index in [0.29, 0.717) is 95.3 Å². The summed E-state index contributed by atoms with van der Waals surface area (Å²) < 4.78 is 5.96. The highest BCUT2D eigenvalue weighted by atomic mass is 32.1. The van der Waals surface area contributed by atoms with E-state index in [1.165, 1.54) is 60.7 Å². The second kappa shape index (κ2) is 54.6. The van der Waals surface area contributed by atoms with E-state index in [2.05, 4.69) is 79.3 Å². The van der Waals surface area contributed by atoms with E-state index in [1.54, 1.807) is 84.7 Å². The number of nitro groups is 1. The van der Waals surface area contributed by atoms with E-state index in [4.69, 9.17) is 45.0 Å². The van der Waals surface area contributed by atoms with E-state index < -0.39 is 175 Å². The van der Waals surface area contributed by atoms with Crippen molar-refractivity contribution in [2.45, 2.75) is 182 Å². The number of azo groups is 1. The summed E-state index contributed by atoms with van der Waals surface area (Å²) >= 11 is 5.71. The molecule has 1 aliphatic heterocycles. The fraction of sp³-hybridized carbons (Fsp3) is 0.429. The molecule has 3 aliphatic rings. The van der Waals surface area contributed by atoms with Gasteiger partial charge in [0.1, 0.15) is 71.5 Å². The molecule has 736 valence electrons. The summed E-state index contributed by atoms with van der Waals surface area (Å²) in [4.78, 5) is 205. The summed E-state index contributed by atoms with van der Waals surface area (Å²) in [5.41, 5.74) is 25.6. The lowest BCUT2D eigenvalue weighted by atomic mass is 9.85. The number of hydrogen-bond acceptors (Lipinski definition) is 28. The molecular formula is C91H118N22O23S. The third-order valence-corrected chi connectivity index (χ3v) is 22.7. The molecule has 28 N–H and O–H groups in total. The molecule has 5 aromatic carbocycles. The molecule has 1 fully saturated rings. The second-order valence-electron chi connectivity index (χ2n) is 32.7. The number of carbonyl (C=O) groups excluding carboxylic acids is 11. The molecule has 1 saturated carbocycles. The number of nitrogens with two attached hydrogens (primary N) is 4. The number of phenols is 1. The number of unbranched alkanes of at least 4 members (excludes halogenated alkanes) is 3. The number of primary amides is 1. The standard InChI is InChI=1S/C91H118N22O23S/c1-112(57-27-22-54(23-28-57)110-111-55-24-29-58(30-25-55)113(134)135)43-38-76(119)97-41-10-7-16-67(82(125)105-69(36-37-77(120)121)85(128)103-68(17-11-42-98-90(95)96)84(127)109-73(50-116)88(131)107-71(48-114)79(94)122)104-86(129)70(44-51-12-3-2-4-13-51)106-87(130)72(49-115)108-83(126)66(15-6-9-40-93)102-81(124)65(14-5-8-39-92)101-80(123)52-18-20-53(21-19-52)99-91(137)100-56-26-33-61(64(45-56)89(132)133)78-62-34-31-59(117)46-74(62)136-75-47-60(118)32-35-63(75)78/h2-4,12-13,22-35,45-47,52-53,65-73,114-117H,5-11,14-21,36-44,48-50,92-93H2,1H3,(H2,94,122)(H,97,119)(H,101,123)(H,102,124)(H,103,128)(H,104,129)(H,105,125)(H,106,130)(H,107,131)(H,108,126)(H,109,127)(H,120,121)(H,132,133)(H4,95,96,98)(H2,99,100,137)/t52?,53?,65-,66-,67-,68-,69-,70-,71-,72-,73-/m0/s1. The van der Waals surface area contributed by atoms with Crippen molar-refractivity contribution in [1.82, 2.24) is 63.8 Å². The van der Waals surface area contributed by atoms with Gasteiger partial charge in [-0.05, 0) is 212 Å². The Balaban J connectivity index is 0.953. The van der Waals surface area contributed by atoms with Crippen LogP contribution in [0.1, 0.15) is 131 Å². The number of rotatable bonds is 55. The first-order chi connectivity index (χ1) is 65.6. The number of phenolic OH excluding ortho intramolecular Hbond substituents is 1. The SMILES string of the molecule is CN(CCC(=O)NCCCC[C@H](NC(=O)[C@H](Cc1ccccc1)NC(=O)[C@H](CO)NC(=O)[C@H](CCCCN)NC(=O)[C@H](CCCCN)NC(=O)C1CCC(NC(=S)Nc2ccc(-c3c4ccc(=O)cc-4oc4cc(O)ccc34)c(C(=O)O)c2)CC1)C(=O)N[C@@H](CCC(=O)O)C(=O)N[C@@H](CCCNC(=N)N)C(=O)N[C@@H](CO)C(=O)N[C@@H](CO)C(N)=O)c1ccc(N=Nc2ccc([N+](=O)[O-])cc2)cc1. The summed E-state index contributed by atoms with van der Waals surface area (Å²) in [6.07, 6.45) is 0.662. The number of anilines is 2. The first kappa shape index (κ1) is 108. The van der Waals surface area contributed by atoms with Crippen molar-refractivity contribution in [3.8, 4) is 28.2 Å². The number of guanidine groups is 1. The topological polar surface area (TPSA) is 729 Å². The van der Waals surface area contributed by atoms with Crippen molar-refractivity contribution >= 4 is 140 Å². The van der Waals surface area contributed by atoms with Gasteiger partial charge in [0.15, 0.2) is 16.5 Å². The zero-order valence-electron chi connectivity index (χ0n) is 75.3. The van der Waals surface area contributed by atoms with Crippen LogP contribution >= 0.6 is 12.2 Å². The monoisotopic (exact) mass is 1920 g/mol. The number of aromatic carboxylic acids is 1. The minimum Gasteiger partial charge on any atom is -0.508 e. The normalized spacial score (nSPS) is 14.8. The van der Waals surface area contributed by atoms with Gasteiger partial charge in [0.05, 0.1) is 41.7 Å². The van der Waals surface area contributed by atoms with Crippen LogP contribution in [0.25, 0.3) is 33.4 Å². The lowest BCUT2D eigenvalue weighted by molar-refractivity contribution is -0.384. The van der Waals surface area contributed by atoms with Crippen LogP contribution < -0.4 is 102 Å². The van der Waals surface area contributed by atoms with Gasteiger partial charge in [0.25, 0.3) is 5.69 Å². The van der Waals surface area contributed by atoms with Crippen molar-refractivity contribution in [3.63, 3.8) is 0 Å². The number of aliphatic carboxylic acids is 1. The highest BCUT2D eigenvalue weighted by molar-refractivity contribution is 7.80. The van der Waals surface area contributed by atoms with Crippen molar-refractivity contribution in [2.24, 2.45) is 39.1 Å². The molecule has 0 bridgehead atoms. The van der Waals surface area contributed by atoms with Gasteiger partial charge >= 0.3 is 11.9 Å². The summed E-state index contributed by atoms with van der Waals surface area (Å²) in [5.74, 6) is -14.4. The van der Waals surface area contributed by atoms with Gasteiger partial charge in [0.2, 0.25) is 65.0 Å². The Labute approximate surface area is 791 Å². The highest BCUT2D eigenvalue weighted by Crippen LogP contribution is 2.43. The third-order valence-electron chi connectivity index (χ3n) is 22.5. The molecule has 137 heavy (non-hydrogen) atoms. The van der Waals surface area contributed by atoms with Crippen LogP contribution in [-0.2, 0) is 64.0 Å². The number of carboxylic acids is 2. The van der Waals surface area contributed by atoms with Crippen molar-refractivity contribution in [1.29, 1.82) is 5.41 Å². The Morgan fingerprint density at radius 2 is 1.04 bits per heavy atom. The number of nitro benzene ring substituents is 1. The Hall–Kier alpha value is -14.7. The number of thiocarbonyl (C=S) groups is 1. The van der Waals surface area contributed by atoms with E-state index in [0.717, 1.165) is 0 Å². The number of aliphatic hydroxyl groups excluding tert-OH is 3. The first-order valence-electron chi connectivity index (χ1n) is 44.6. The van der Waals surface area contributed by atoms with E-state index >= 15 is 9.59 Å². The number of aromatic hydroxyl groups is 1. The molecule has 0 spiro atoms. The molecule has 46 heteroatoms. The molecule has 11 amide bonds. The molecule has 2 aliphatic carbocycles. The number of nitrogens with one attached hydrogen (secondary N) is 14. The molecule has 45 nitrogen and oxygen atoms in total. The Kier molecular flexibility index (Phi) is 42.9. The predicted octanol–water partition coefficient (Wildman–Crippen LogP) is 1.40. The summed E-state index contributed by atoms with van der Waals surface area (Å²) in [5, 5.41) is 123. The second-order valence-corrected chi connectivity index (χ2v) is 33.1. The summed E-state index contributed by atoms with van der Waals surface area (Å²) in [7, 11) is 1.75. The van der Waals surface area contributed by atoms with Gasteiger partial charge < -0.3 is 132 Å². The summed E-state index contributed by atoms with van der Waals surface area (Å²) in [6.45, 7) is -2.58. The number of non-ortho nitro benzene ring substituents is 1. The van der Waals surface area contributed by atoms with Gasteiger partial charge in [-0.25, -0.2) is 4.79 Å². The number of nitrogens with zero attached hydrogens (tertiary/aromatic N) is 4. The number of hydrogen-bond donors (Lipinski definition) is 24. The highest BCUT2D eigenvalue weighted by Gasteiger charge is 2.38. The predicted molar refractivity (Wildman–Crippen MR) is 507 cm³/mol. The zero-order chi connectivity index (χ0) is 99.8. The summed E-state index contributed by atoms with van der Waals surface area (Å²) in [6, 6.07) is 18.5. The minimum atomic E-state index is -1.86. The van der Waals surface area contributed by atoms with Crippen LogP contribution in [0, 0.1) is 21.4 Å². The van der Waals surface area contributed by atoms with Crippen LogP contribution in [0.2, 0.25) is 0 Å². The molecule has 8 rings (SSSR count). The Morgan fingerprint density at radius 3 is 1.56 bits per heavy atom. The molecule has 5 aromatic rings. The number of aliphatic hydroxyl groups is 3. The van der Waals surface area contributed by atoms with E-state index in [9.17, 15) is 98.3 Å². The maximum absolute atomic E-state index is 15.1. The molecule has 0 saturated heterocycles. The van der Waals surface area contributed by atoms with Gasteiger partial charge in [-0.1, -0.05) is 36.4 Å². The molecule has 0 unspecified atom stereocenters. The average molecular weight is 1920 g/mol. The fourth-order valence-electron chi connectivity index (χ4n) is 15.0. The van der Waals surface area contributed by atoms with Crippen LogP contribution in [0.3, 0.4) is 0 Å². The van der Waals surface area contributed by atoms with Gasteiger partial charge in [-0.15, -0.1) is 0 Å². The maximum atomic E-state index is 15.1. The average Bonchev–Trinajstić information content (AvgIpc) is 0.745. The Morgan fingerprint density at radius 1 is 0.547 bits per heavy atom. The smallest absolute Gasteiger partial charge is 0.336 e. The largest absolute Gasteiger partial charge is 0.508 e. The van der Waals surface area contributed by atoms with Gasteiger partial charge in [-0.3, -0.25) is 77.9 Å². The van der Waals surface area contributed by atoms with Crippen LogP contribution in [0.5, 0.6) is 5.75 Å². The first-order valence-corrected chi connectivity index (χ1v) is 45.0. The maximum Gasteiger partial charge on any atom is 0.336 e. The fourth-order valence-corrected chi connectivity index (χ4v) is 15.3. The van der Waals surface area contributed by atoms with Crippen LogP contribution in [-0.4, -0.2) is 244 Å². The quantitative estimate of drug-likeness (QED) is 0.00374.